The molecule has 0 saturated carbocycles. The minimum atomic E-state index is -0.639. The SMILES string of the molecule is CC(Oc1ccc(Cl)cc1)C(=O)NCCNC(=O)CCl. The molecular weight excluding hydrogens is 303 g/mol. The van der Waals surface area contributed by atoms with Gasteiger partial charge in [0, 0.05) is 18.1 Å². The normalized spacial score (nSPS) is 11.6. The third-order valence-corrected chi connectivity index (χ3v) is 2.86. The van der Waals surface area contributed by atoms with Crippen LogP contribution in [0.25, 0.3) is 0 Å². The van der Waals surface area contributed by atoms with E-state index in [0.29, 0.717) is 23.9 Å². The van der Waals surface area contributed by atoms with E-state index in [1.54, 1.807) is 31.2 Å². The van der Waals surface area contributed by atoms with Crippen molar-refractivity contribution in [1.82, 2.24) is 10.6 Å². The lowest BCUT2D eigenvalue weighted by molar-refractivity contribution is -0.127. The first-order valence-electron chi connectivity index (χ1n) is 6.05. The zero-order valence-corrected chi connectivity index (χ0v) is 12.5. The Bertz CT molecular complexity index is 451. The molecular formula is C13H16Cl2N2O3. The smallest absolute Gasteiger partial charge is 0.260 e. The Labute approximate surface area is 127 Å². The van der Waals surface area contributed by atoms with Crippen molar-refractivity contribution >= 4 is 35.0 Å². The molecule has 1 unspecified atom stereocenters. The number of carbonyl (C=O) groups is 2. The Hall–Kier alpha value is -1.46. The third-order valence-electron chi connectivity index (χ3n) is 2.36. The number of hydrogen-bond acceptors (Lipinski definition) is 3. The molecule has 0 bridgehead atoms. The summed E-state index contributed by atoms with van der Waals surface area (Å²) < 4.78 is 5.45. The number of alkyl halides is 1. The quantitative estimate of drug-likeness (QED) is 0.592. The Morgan fingerprint density at radius 3 is 2.40 bits per heavy atom. The van der Waals surface area contributed by atoms with Gasteiger partial charge in [0.15, 0.2) is 6.10 Å². The maximum Gasteiger partial charge on any atom is 0.260 e. The summed E-state index contributed by atoms with van der Waals surface area (Å²) in [6, 6.07) is 6.74. The van der Waals surface area contributed by atoms with Crippen molar-refractivity contribution in [1.29, 1.82) is 0 Å². The van der Waals surface area contributed by atoms with Crippen LogP contribution in [0.1, 0.15) is 6.92 Å². The van der Waals surface area contributed by atoms with E-state index in [2.05, 4.69) is 10.6 Å². The number of nitrogens with one attached hydrogen (secondary N) is 2. The van der Waals surface area contributed by atoms with E-state index in [1.807, 2.05) is 0 Å². The van der Waals surface area contributed by atoms with Crippen molar-refractivity contribution in [2.75, 3.05) is 19.0 Å². The van der Waals surface area contributed by atoms with Gasteiger partial charge >= 0.3 is 0 Å². The molecule has 2 N–H and O–H groups in total. The predicted octanol–water partition coefficient (Wildman–Crippen LogP) is 1.58. The topological polar surface area (TPSA) is 67.4 Å². The van der Waals surface area contributed by atoms with E-state index in [0.717, 1.165) is 0 Å². The fourth-order valence-electron chi connectivity index (χ4n) is 1.35. The van der Waals surface area contributed by atoms with E-state index < -0.39 is 6.10 Å². The Morgan fingerprint density at radius 2 is 1.80 bits per heavy atom. The van der Waals surface area contributed by atoms with Crippen LogP contribution in [0.4, 0.5) is 0 Å². The molecule has 1 rings (SSSR count). The van der Waals surface area contributed by atoms with Crippen LogP contribution in [0.3, 0.4) is 0 Å². The van der Waals surface area contributed by atoms with Crippen molar-refractivity contribution < 1.29 is 14.3 Å². The summed E-state index contributed by atoms with van der Waals surface area (Å²) in [6.07, 6.45) is -0.639. The third kappa shape index (κ3) is 6.12. The van der Waals surface area contributed by atoms with Crippen LogP contribution in [0.15, 0.2) is 24.3 Å². The molecule has 0 aliphatic rings. The van der Waals surface area contributed by atoms with Gasteiger partial charge in [-0.05, 0) is 31.2 Å². The van der Waals surface area contributed by atoms with Crippen LogP contribution in [0.2, 0.25) is 5.02 Å². The van der Waals surface area contributed by atoms with Crippen molar-refractivity contribution in [2.45, 2.75) is 13.0 Å². The molecule has 0 aliphatic heterocycles. The van der Waals surface area contributed by atoms with Crippen LogP contribution >= 0.6 is 23.2 Å². The summed E-state index contributed by atoms with van der Waals surface area (Å²) >= 11 is 11.1. The molecule has 0 saturated heterocycles. The second-order valence-electron chi connectivity index (χ2n) is 3.99. The molecule has 20 heavy (non-hydrogen) atoms. The van der Waals surface area contributed by atoms with Crippen molar-refractivity contribution in [2.24, 2.45) is 0 Å². The molecule has 0 aliphatic carbocycles. The van der Waals surface area contributed by atoms with Gasteiger partial charge in [0.25, 0.3) is 5.91 Å². The van der Waals surface area contributed by atoms with E-state index in [4.69, 9.17) is 27.9 Å². The zero-order valence-electron chi connectivity index (χ0n) is 11.0. The maximum absolute atomic E-state index is 11.7. The highest BCUT2D eigenvalue weighted by molar-refractivity contribution is 6.30. The van der Waals surface area contributed by atoms with Gasteiger partial charge in [-0.3, -0.25) is 9.59 Å². The molecule has 2 amide bonds. The molecule has 0 aromatic heterocycles. The lowest BCUT2D eigenvalue weighted by Gasteiger charge is -2.14. The molecule has 0 heterocycles. The standard InChI is InChI=1S/C13H16Cl2N2O3/c1-9(20-11-4-2-10(15)3-5-11)13(19)17-7-6-16-12(18)8-14/h2-5,9H,6-8H2,1H3,(H,16,18)(H,17,19). The molecule has 1 aromatic carbocycles. The predicted molar refractivity (Wildman–Crippen MR) is 78.3 cm³/mol. The molecule has 0 spiro atoms. The van der Waals surface area contributed by atoms with Gasteiger partial charge in [-0.2, -0.15) is 0 Å². The Kier molecular flexibility index (Phi) is 7.18. The van der Waals surface area contributed by atoms with Crippen molar-refractivity contribution in [3.05, 3.63) is 29.3 Å². The molecule has 5 nitrogen and oxygen atoms in total. The van der Waals surface area contributed by atoms with Crippen LogP contribution < -0.4 is 15.4 Å². The highest BCUT2D eigenvalue weighted by Gasteiger charge is 2.13. The van der Waals surface area contributed by atoms with Gasteiger partial charge in [0.2, 0.25) is 5.91 Å². The van der Waals surface area contributed by atoms with Gasteiger partial charge in [-0.1, -0.05) is 11.6 Å². The lowest BCUT2D eigenvalue weighted by Crippen LogP contribution is -2.40. The second-order valence-corrected chi connectivity index (χ2v) is 4.69. The van der Waals surface area contributed by atoms with E-state index in [-0.39, 0.29) is 17.7 Å². The summed E-state index contributed by atoms with van der Waals surface area (Å²) in [5.41, 5.74) is 0. The first kappa shape index (κ1) is 16.6. The molecule has 110 valence electrons. The molecule has 1 atom stereocenters. The van der Waals surface area contributed by atoms with Crippen LogP contribution in [0.5, 0.6) is 5.75 Å². The van der Waals surface area contributed by atoms with Gasteiger partial charge in [-0.25, -0.2) is 0 Å². The number of ether oxygens (including phenoxy) is 1. The number of hydrogen-bond donors (Lipinski definition) is 2. The summed E-state index contributed by atoms with van der Waals surface area (Å²) in [7, 11) is 0. The van der Waals surface area contributed by atoms with Crippen LogP contribution in [-0.4, -0.2) is 36.9 Å². The Balaban J connectivity index is 2.28. The monoisotopic (exact) mass is 318 g/mol. The number of benzene rings is 1. The van der Waals surface area contributed by atoms with Crippen molar-refractivity contribution in [3.63, 3.8) is 0 Å². The highest BCUT2D eigenvalue weighted by Crippen LogP contribution is 2.16. The fraction of sp³-hybridized carbons (Fsp3) is 0.385. The van der Waals surface area contributed by atoms with E-state index in [9.17, 15) is 9.59 Å². The lowest BCUT2D eigenvalue weighted by atomic mass is 10.3. The number of amides is 2. The molecule has 0 radical (unpaired) electrons. The zero-order chi connectivity index (χ0) is 15.0. The minimum Gasteiger partial charge on any atom is -0.481 e. The molecule has 0 fully saturated rings. The molecule has 7 heteroatoms. The average molecular weight is 319 g/mol. The largest absolute Gasteiger partial charge is 0.481 e. The van der Waals surface area contributed by atoms with Gasteiger partial charge in [0.05, 0.1) is 0 Å². The summed E-state index contributed by atoms with van der Waals surface area (Å²) in [6.45, 7) is 2.28. The highest BCUT2D eigenvalue weighted by atomic mass is 35.5. The summed E-state index contributed by atoms with van der Waals surface area (Å²) in [4.78, 5) is 22.6. The average Bonchev–Trinajstić information content (AvgIpc) is 2.45. The summed E-state index contributed by atoms with van der Waals surface area (Å²) in [5, 5.41) is 5.79. The van der Waals surface area contributed by atoms with Gasteiger partial charge in [-0.15, -0.1) is 11.6 Å². The maximum atomic E-state index is 11.7. The van der Waals surface area contributed by atoms with E-state index >= 15 is 0 Å². The van der Waals surface area contributed by atoms with Crippen LogP contribution in [-0.2, 0) is 9.59 Å². The van der Waals surface area contributed by atoms with Gasteiger partial charge in [0.1, 0.15) is 11.6 Å². The first-order valence-corrected chi connectivity index (χ1v) is 6.96. The second kappa shape index (κ2) is 8.66. The number of carbonyl (C=O) groups excluding carboxylic acids is 2. The number of rotatable bonds is 7. The van der Waals surface area contributed by atoms with Gasteiger partial charge < -0.3 is 15.4 Å². The van der Waals surface area contributed by atoms with E-state index in [1.165, 1.54) is 0 Å². The Morgan fingerprint density at radius 1 is 1.20 bits per heavy atom. The fourth-order valence-corrected chi connectivity index (χ4v) is 1.57. The number of halogens is 2. The molecule has 1 aromatic rings. The van der Waals surface area contributed by atoms with Crippen molar-refractivity contribution in [3.8, 4) is 5.75 Å². The van der Waals surface area contributed by atoms with Crippen LogP contribution in [0, 0.1) is 0 Å². The summed E-state index contributed by atoms with van der Waals surface area (Å²) in [5.74, 6) is -0.0664. The minimum absolute atomic E-state index is 0.0932. The first-order chi connectivity index (χ1) is 9.52.